The molecule has 0 aliphatic heterocycles. The lowest BCUT2D eigenvalue weighted by Crippen LogP contribution is -2.19. The fourth-order valence-electron chi connectivity index (χ4n) is 4.76. The van der Waals surface area contributed by atoms with Crippen LogP contribution in [0.4, 0.5) is 29.3 Å². The molecule has 2 heterocycles. The van der Waals surface area contributed by atoms with E-state index in [0.29, 0.717) is 40.1 Å². The highest BCUT2D eigenvalue weighted by atomic mass is 32.1. The van der Waals surface area contributed by atoms with Gasteiger partial charge in [0, 0.05) is 37.0 Å². The van der Waals surface area contributed by atoms with Gasteiger partial charge in [-0.05, 0) is 60.2 Å². The predicted octanol–water partition coefficient (Wildman–Crippen LogP) is 7.65. The molecule has 240 valence electrons. The Morgan fingerprint density at radius 1 is 0.936 bits per heavy atom. The Morgan fingerprint density at radius 3 is 2.32 bits per heavy atom. The molecule has 2 aromatic heterocycles. The van der Waals surface area contributed by atoms with Crippen LogP contribution in [0.2, 0.25) is 0 Å². The molecule has 0 aliphatic carbocycles. The second kappa shape index (κ2) is 12.9. The Morgan fingerprint density at radius 2 is 1.62 bits per heavy atom. The first-order valence-corrected chi connectivity index (χ1v) is 14.9. The zero-order valence-corrected chi connectivity index (χ0v) is 25.4. The van der Waals surface area contributed by atoms with E-state index in [2.05, 4.69) is 20.6 Å². The molecule has 4 aromatic carbocycles. The average molecular weight is 662 g/mol. The number of urea groups is 1. The van der Waals surface area contributed by atoms with Crippen LogP contribution in [0.3, 0.4) is 0 Å². The summed E-state index contributed by atoms with van der Waals surface area (Å²) in [5.74, 6) is 2.15. The molecule has 4 N–H and O–H groups in total. The van der Waals surface area contributed by atoms with Crippen LogP contribution >= 0.6 is 11.3 Å². The number of imidazole rings is 1. The molecule has 0 fully saturated rings. The SMILES string of the molecule is Cn1c(COc2ccc(Cc3sc(=O)[nH]c3O)cc2)nc2ccc(Oc3cccc(NC(=O)Nc4cccc(C(F)(F)F)c4)c3)cc21. The lowest BCUT2D eigenvalue weighted by Gasteiger charge is -2.12. The molecule has 6 aromatic rings. The summed E-state index contributed by atoms with van der Waals surface area (Å²) in [6, 6.07) is 23.0. The Bertz CT molecular complexity index is 2120. The lowest BCUT2D eigenvalue weighted by atomic mass is 10.1. The van der Waals surface area contributed by atoms with Crippen molar-refractivity contribution in [3.05, 3.63) is 122 Å². The van der Waals surface area contributed by atoms with Crippen molar-refractivity contribution in [3.63, 3.8) is 0 Å². The molecule has 0 bridgehead atoms. The number of fused-ring (bicyclic) bond motifs is 1. The second-order valence-electron chi connectivity index (χ2n) is 10.4. The summed E-state index contributed by atoms with van der Waals surface area (Å²) < 4.78 is 52.9. The molecule has 47 heavy (non-hydrogen) atoms. The Labute approximate surface area is 269 Å². The maximum absolute atomic E-state index is 13.0. The van der Waals surface area contributed by atoms with Gasteiger partial charge in [-0.2, -0.15) is 13.2 Å². The van der Waals surface area contributed by atoms with E-state index >= 15 is 0 Å². The van der Waals surface area contributed by atoms with E-state index < -0.39 is 17.8 Å². The number of amides is 2. The molecule has 0 unspecified atom stereocenters. The molecular weight excluding hydrogens is 635 g/mol. The predicted molar refractivity (Wildman–Crippen MR) is 171 cm³/mol. The molecule has 0 radical (unpaired) electrons. The van der Waals surface area contributed by atoms with Crippen molar-refractivity contribution in [2.75, 3.05) is 10.6 Å². The van der Waals surface area contributed by atoms with Gasteiger partial charge >= 0.3 is 17.1 Å². The number of nitrogens with zero attached hydrogens (tertiary/aromatic N) is 2. The maximum atomic E-state index is 13.0. The summed E-state index contributed by atoms with van der Waals surface area (Å²) in [5, 5.41) is 14.8. The van der Waals surface area contributed by atoms with Crippen LogP contribution in [0.15, 0.2) is 95.8 Å². The fourth-order valence-corrected chi connectivity index (χ4v) is 5.52. The minimum absolute atomic E-state index is 0.00303. The number of H-pyrrole nitrogens is 1. The summed E-state index contributed by atoms with van der Waals surface area (Å²) in [4.78, 5) is 31.2. The zero-order valence-electron chi connectivity index (χ0n) is 24.6. The van der Waals surface area contributed by atoms with Crippen molar-refractivity contribution in [2.45, 2.75) is 19.2 Å². The van der Waals surface area contributed by atoms with Gasteiger partial charge in [-0.25, -0.2) is 9.78 Å². The molecular formula is C33H26F3N5O5S. The van der Waals surface area contributed by atoms with Crippen LogP contribution in [0.25, 0.3) is 11.0 Å². The van der Waals surface area contributed by atoms with Gasteiger partial charge in [0.1, 0.15) is 29.7 Å². The summed E-state index contributed by atoms with van der Waals surface area (Å²) in [6.07, 6.45) is -4.10. The summed E-state index contributed by atoms with van der Waals surface area (Å²) in [6.45, 7) is 0.206. The standard InChI is InChI=1S/C33H26F3N5O5S/c1-41-27-17-25(46-24-7-3-6-22(16-24)38-31(43)37-21-5-2-4-20(15-21)33(34,35)36)12-13-26(27)39-29(41)18-45-23-10-8-19(9-11-23)14-28-30(42)40-32(44)47-28/h2-13,15-17,42H,14,18H2,1H3,(H,40,44)(H2,37,38,43). The highest BCUT2D eigenvalue weighted by molar-refractivity contribution is 7.09. The number of hydrogen-bond donors (Lipinski definition) is 4. The number of aryl methyl sites for hydroxylation is 1. The molecule has 0 spiro atoms. The van der Waals surface area contributed by atoms with Gasteiger partial charge in [0.2, 0.25) is 5.88 Å². The Hall–Kier alpha value is -5.76. The Balaban J connectivity index is 1.07. The number of rotatable bonds is 9. The molecule has 2 amide bonds. The number of hydrogen-bond acceptors (Lipinski definition) is 7. The maximum Gasteiger partial charge on any atom is 0.416 e. The van der Waals surface area contributed by atoms with Gasteiger partial charge in [0.05, 0.1) is 21.5 Å². The molecule has 6 rings (SSSR count). The van der Waals surface area contributed by atoms with Crippen LogP contribution < -0.4 is 25.0 Å². The third-order valence-electron chi connectivity index (χ3n) is 7.08. The summed E-state index contributed by atoms with van der Waals surface area (Å²) in [7, 11) is 1.86. The van der Waals surface area contributed by atoms with Gasteiger partial charge in [-0.3, -0.25) is 9.78 Å². The van der Waals surface area contributed by atoms with Crippen molar-refractivity contribution in [1.29, 1.82) is 0 Å². The van der Waals surface area contributed by atoms with Crippen LogP contribution in [0, 0.1) is 0 Å². The summed E-state index contributed by atoms with van der Waals surface area (Å²) >= 11 is 0.973. The van der Waals surface area contributed by atoms with Crippen molar-refractivity contribution in [3.8, 4) is 23.1 Å². The number of halogens is 3. The smallest absolute Gasteiger partial charge is 0.416 e. The van der Waals surface area contributed by atoms with Crippen LogP contribution in [0.5, 0.6) is 23.1 Å². The van der Waals surface area contributed by atoms with E-state index in [1.54, 1.807) is 30.3 Å². The van der Waals surface area contributed by atoms with Gasteiger partial charge in [0.25, 0.3) is 0 Å². The van der Waals surface area contributed by atoms with Gasteiger partial charge in [0.15, 0.2) is 0 Å². The first kappa shape index (κ1) is 31.2. The topological polar surface area (TPSA) is 130 Å². The van der Waals surface area contributed by atoms with E-state index in [1.165, 1.54) is 12.1 Å². The van der Waals surface area contributed by atoms with Gasteiger partial charge < -0.3 is 29.8 Å². The van der Waals surface area contributed by atoms with Crippen molar-refractivity contribution >= 4 is 39.8 Å². The van der Waals surface area contributed by atoms with E-state index in [4.69, 9.17) is 9.47 Å². The van der Waals surface area contributed by atoms with Crippen molar-refractivity contribution in [2.24, 2.45) is 7.05 Å². The van der Waals surface area contributed by atoms with E-state index in [1.807, 2.05) is 48.0 Å². The number of aromatic nitrogens is 3. The minimum atomic E-state index is -4.52. The molecule has 0 saturated carbocycles. The second-order valence-corrected chi connectivity index (χ2v) is 11.5. The third kappa shape index (κ3) is 7.56. The van der Waals surface area contributed by atoms with E-state index in [0.717, 1.165) is 40.1 Å². The van der Waals surface area contributed by atoms with E-state index in [9.17, 15) is 27.9 Å². The number of ether oxygens (including phenoxy) is 2. The number of aromatic amines is 1. The fraction of sp³-hybridized carbons (Fsp3) is 0.121. The highest BCUT2D eigenvalue weighted by Crippen LogP contribution is 2.31. The number of thiazole rings is 1. The van der Waals surface area contributed by atoms with Crippen LogP contribution in [-0.4, -0.2) is 25.7 Å². The van der Waals surface area contributed by atoms with Gasteiger partial charge in [-0.1, -0.05) is 35.6 Å². The third-order valence-corrected chi connectivity index (χ3v) is 7.95. The highest BCUT2D eigenvalue weighted by Gasteiger charge is 2.30. The first-order chi connectivity index (χ1) is 22.5. The summed E-state index contributed by atoms with van der Waals surface area (Å²) in [5.41, 5.74) is 1.97. The monoisotopic (exact) mass is 661 g/mol. The van der Waals surface area contributed by atoms with Crippen LogP contribution in [0.1, 0.15) is 21.8 Å². The number of anilines is 2. The van der Waals surface area contributed by atoms with Gasteiger partial charge in [-0.15, -0.1) is 0 Å². The Kier molecular flexibility index (Phi) is 8.59. The minimum Gasteiger partial charge on any atom is -0.494 e. The zero-order chi connectivity index (χ0) is 33.1. The number of carbonyl (C=O) groups is 1. The van der Waals surface area contributed by atoms with Crippen molar-refractivity contribution < 1.29 is 32.5 Å². The molecule has 0 saturated heterocycles. The largest absolute Gasteiger partial charge is 0.494 e. The van der Waals surface area contributed by atoms with Crippen molar-refractivity contribution in [1.82, 2.24) is 14.5 Å². The molecule has 0 atom stereocenters. The normalized spacial score (nSPS) is 11.4. The van der Waals surface area contributed by atoms with Crippen LogP contribution in [-0.2, 0) is 26.3 Å². The number of benzene rings is 4. The number of aromatic hydroxyl groups is 1. The number of carbonyl (C=O) groups excluding carboxylic acids is 1. The first-order valence-electron chi connectivity index (χ1n) is 14.1. The number of alkyl halides is 3. The average Bonchev–Trinajstić information content (AvgIpc) is 3.52. The molecule has 10 nitrogen and oxygen atoms in total. The molecule has 0 aliphatic rings. The lowest BCUT2D eigenvalue weighted by molar-refractivity contribution is -0.137. The van der Waals surface area contributed by atoms with E-state index in [-0.39, 0.29) is 23.0 Å². The quantitative estimate of drug-likeness (QED) is 0.126. The molecule has 14 heteroatoms. The number of nitrogens with one attached hydrogen (secondary N) is 3.